The smallest absolute Gasteiger partial charge is 0.256 e. The van der Waals surface area contributed by atoms with Crippen molar-refractivity contribution < 1.29 is 0 Å². The van der Waals surface area contributed by atoms with Gasteiger partial charge in [0.2, 0.25) is 0 Å². The number of hydrogen-bond donors (Lipinski definition) is 1. The van der Waals surface area contributed by atoms with Gasteiger partial charge >= 0.3 is 11.4 Å². The van der Waals surface area contributed by atoms with Crippen LogP contribution in [0.3, 0.4) is 0 Å². The molecule has 0 unspecified atom stereocenters. The maximum absolute atomic E-state index is 11.8. The van der Waals surface area contributed by atoms with Gasteiger partial charge in [-0.05, 0) is 24.5 Å². The zero-order valence-corrected chi connectivity index (χ0v) is 10.6. The van der Waals surface area contributed by atoms with Gasteiger partial charge in [-0.1, -0.05) is 32.0 Å². The van der Waals surface area contributed by atoms with Gasteiger partial charge in [-0.3, -0.25) is 4.98 Å². The predicted octanol–water partition coefficient (Wildman–Crippen LogP) is 1.37. The Morgan fingerprint density at radius 2 is 1.78 bits per heavy atom. The molecule has 0 amide bonds. The Morgan fingerprint density at radius 1 is 1.11 bits per heavy atom. The second-order valence-corrected chi connectivity index (χ2v) is 4.69. The number of nitrogens with zero attached hydrogens (tertiary/aromatic N) is 2. The third-order valence-corrected chi connectivity index (χ3v) is 2.80. The van der Waals surface area contributed by atoms with E-state index in [4.69, 9.17) is 0 Å². The second-order valence-electron chi connectivity index (χ2n) is 4.69. The third kappa shape index (κ3) is 2.45. The van der Waals surface area contributed by atoms with Gasteiger partial charge in [-0.25, -0.2) is 14.3 Å². The molecule has 1 aromatic carbocycles. The Labute approximate surface area is 105 Å². The van der Waals surface area contributed by atoms with Crippen LogP contribution in [0.15, 0.2) is 39.9 Å². The van der Waals surface area contributed by atoms with Crippen LogP contribution >= 0.6 is 0 Å². The van der Waals surface area contributed by atoms with Crippen molar-refractivity contribution in [3.05, 3.63) is 51.3 Å². The number of para-hydroxylation sites is 1. The Kier molecular flexibility index (Phi) is 3.50. The molecular formula is C13H17N3O2. The molecule has 0 saturated carbocycles. The van der Waals surface area contributed by atoms with Crippen LogP contribution in [0.4, 0.5) is 0 Å². The molecule has 0 radical (unpaired) electrons. The Bertz CT molecular complexity index is 620. The molecule has 1 heterocycles. The van der Waals surface area contributed by atoms with E-state index < -0.39 is 5.69 Å². The zero-order chi connectivity index (χ0) is 13.1. The van der Waals surface area contributed by atoms with E-state index in [-0.39, 0.29) is 5.69 Å². The van der Waals surface area contributed by atoms with Crippen molar-refractivity contribution in [1.82, 2.24) is 14.3 Å². The number of H-pyrrole nitrogens is 1. The van der Waals surface area contributed by atoms with Crippen LogP contribution in [0.5, 0.6) is 0 Å². The number of aromatic nitrogens is 3. The number of aromatic amines is 1. The molecule has 1 aromatic heterocycles. The van der Waals surface area contributed by atoms with E-state index in [9.17, 15) is 9.59 Å². The minimum atomic E-state index is -0.394. The minimum Gasteiger partial charge on any atom is -0.256 e. The highest BCUT2D eigenvalue weighted by Crippen LogP contribution is 2.05. The molecule has 0 atom stereocenters. The first-order chi connectivity index (χ1) is 8.59. The average molecular weight is 247 g/mol. The monoisotopic (exact) mass is 247 g/mol. The van der Waals surface area contributed by atoms with Crippen LogP contribution in [0.2, 0.25) is 0 Å². The first kappa shape index (κ1) is 12.4. The average Bonchev–Trinajstić information content (AvgIpc) is 2.62. The highest BCUT2D eigenvalue weighted by molar-refractivity contribution is 5.29. The fourth-order valence-corrected chi connectivity index (χ4v) is 1.82. The quantitative estimate of drug-likeness (QED) is 0.887. The second kappa shape index (κ2) is 5.08. The summed E-state index contributed by atoms with van der Waals surface area (Å²) >= 11 is 0. The summed E-state index contributed by atoms with van der Waals surface area (Å²) in [6.07, 6.45) is 0.851. The molecule has 0 aliphatic heterocycles. The van der Waals surface area contributed by atoms with Crippen LogP contribution in [0, 0.1) is 5.92 Å². The maximum Gasteiger partial charge on any atom is 0.349 e. The summed E-state index contributed by atoms with van der Waals surface area (Å²) in [4.78, 5) is 25.8. The summed E-state index contributed by atoms with van der Waals surface area (Å²) in [6, 6.07) is 9.16. The fourth-order valence-electron chi connectivity index (χ4n) is 1.82. The highest BCUT2D eigenvalue weighted by atomic mass is 16.2. The van der Waals surface area contributed by atoms with Gasteiger partial charge in [0, 0.05) is 6.54 Å². The van der Waals surface area contributed by atoms with Gasteiger partial charge in [0.15, 0.2) is 0 Å². The largest absolute Gasteiger partial charge is 0.349 e. The van der Waals surface area contributed by atoms with E-state index in [0.29, 0.717) is 18.2 Å². The van der Waals surface area contributed by atoms with Crippen molar-refractivity contribution in [3.63, 3.8) is 0 Å². The number of benzene rings is 1. The van der Waals surface area contributed by atoms with E-state index >= 15 is 0 Å². The molecule has 1 N–H and O–H groups in total. The third-order valence-electron chi connectivity index (χ3n) is 2.80. The lowest BCUT2D eigenvalue weighted by molar-refractivity contribution is 0.448. The van der Waals surface area contributed by atoms with E-state index in [1.165, 1.54) is 9.36 Å². The lowest BCUT2D eigenvalue weighted by atomic mass is 10.1. The van der Waals surface area contributed by atoms with Crippen LogP contribution in [-0.4, -0.2) is 14.3 Å². The predicted molar refractivity (Wildman–Crippen MR) is 70.1 cm³/mol. The van der Waals surface area contributed by atoms with Gasteiger partial charge in [-0.2, -0.15) is 4.68 Å². The van der Waals surface area contributed by atoms with E-state index in [1.807, 2.05) is 18.2 Å². The molecule has 2 rings (SSSR count). The SMILES string of the molecule is CC(C)CCn1c(=O)[nH]c(=O)n1-c1ccccc1. The van der Waals surface area contributed by atoms with Crippen LogP contribution < -0.4 is 11.4 Å². The maximum atomic E-state index is 11.8. The first-order valence-corrected chi connectivity index (χ1v) is 6.07. The summed E-state index contributed by atoms with van der Waals surface area (Å²) in [5.41, 5.74) is -0.0518. The molecule has 5 nitrogen and oxygen atoms in total. The van der Waals surface area contributed by atoms with Crippen molar-refractivity contribution in [3.8, 4) is 5.69 Å². The van der Waals surface area contributed by atoms with E-state index in [2.05, 4.69) is 18.8 Å². The van der Waals surface area contributed by atoms with Crippen molar-refractivity contribution in [2.45, 2.75) is 26.8 Å². The molecule has 0 aliphatic carbocycles. The molecular weight excluding hydrogens is 230 g/mol. The summed E-state index contributed by atoms with van der Waals surface area (Å²) in [5.74, 6) is 0.478. The number of nitrogens with one attached hydrogen (secondary N) is 1. The van der Waals surface area contributed by atoms with Crippen molar-refractivity contribution in [2.24, 2.45) is 5.92 Å². The lowest BCUT2D eigenvalue weighted by Crippen LogP contribution is -2.26. The van der Waals surface area contributed by atoms with Gasteiger partial charge < -0.3 is 0 Å². The molecule has 5 heteroatoms. The van der Waals surface area contributed by atoms with Crippen LogP contribution in [0.25, 0.3) is 5.69 Å². The minimum absolute atomic E-state index is 0.357. The summed E-state index contributed by atoms with van der Waals surface area (Å²) in [7, 11) is 0. The molecule has 0 aliphatic rings. The van der Waals surface area contributed by atoms with Gasteiger partial charge in [0.25, 0.3) is 0 Å². The lowest BCUT2D eigenvalue weighted by Gasteiger charge is -2.10. The standard InChI is InChI=1S/C13H17N3O2/c1-10(2)8-9-15-12(17)14-13(18)16(15)11-6-4-3-5-7-11/h3-7,10H,8-9H2,1-2H3,(H,14,17,18). The van der Waals surface area contributed by atoms with Gasteiger partial charge in [0.05, 0.1) is 5.69 Å². The number of rotatable bonds is 4. The molecule has 2 aromatic rings. The first-order valence-electron chi connectivity index (χ1n) is 6.07. The number of hydrogen-bond acceptors (Lipinski definition) is 2. The van der Waals surface area contributed by atoms with Gasteiger partial charge in [0.1, 0.15) is 0 Å². The molecule has 18 heavy (non-hydrogen) atoms. The van der Waals surface area contributed by atoms with Crippen LogP contribution in [-0.2, 0) is 6.54 Å². The Hall–Kier alpha value is -2.04. The molecule has 0 bridgehead atoms. The molecule has 0 spiro atoms. The van der Waals surface area contributed by atoms with E-state index in [1.54, 1.807) is 12.1 Å². The molecule has 0 saturated heterocycles. The highest BCUT2D eigenvalue weighted by Gasteiger charge is 2.10. The summed E-state index contributed by atoms with van der Waals surface area (Å²) in [5, 5.41) is 0. The molecule has 96 valence electrons. The van der Waals surface area contributed by atoms with Crippen LogP contribution in [0.1, 0.15) is 20.3 Å². The van der Waals surface area contributed by atoms with E-state index in [0.717, 1.165) is 6.42 Å². The molecule has 0 fully saturated rings. The normalized spacial score (nSPS) is 11.1. The van der Waals surface area contributed by atoms with Crippen molar-refractivity contribution in [2.75, 3.05) is 0 Å². The topological polar surface area (TPSA) is 59.8 Å². The fraction of sp³-hybridized carbons (Fsp3) is 0.385. The van der Waals surface area contributed by atoms with Crippen molar-refractivity contribution in [1.29, 1.82) is 0 Å². The van der Waals surface area contributed by atoms with Gasteiger partial charge in [-0.15, -0.1) is 0 Å². The Morgan fingerprint density at radius 3 is 2.39 bits per heavy atom. The summed E-state index contributed by atoms with van der Waals surface area (Å²) < 4.78 is 2.85. The zero-order valence-electron chi connectivity index (χ0n) is 10.6. The summed E-state index contributed by atoms with van der Waals surface area (Å²) in [6.45, 7) is 4.70. The van der Waals surface area contributed by atoms with Crippen molar-refractivity contribution >= 4 is 0 Å². The Balaban J connectivity index is 2.47.